The Kier molecular flexibility index (Phi) is 3.46. The number of aromatic nitrogens is 1. The minimum atomic E-state index is -1.04. The number of benzene rings is 1. The van der Waals surface area contributed by atoms with Crippen molar-refractivity contribution in [1.82, 2.24) is 4.98 Å². The molecule has 0 aliphatic carbocycles. The van der Waals surface area contributed by atoms with Crippen molar-refractivity contribution < 1.29 is 19.0 Å². The van der Waals surface area contributed by atoms with Crippen LogP contribution in [0.25, 0.3) is 0 Å². The lowest BCUT2D eigenvalue weighted by Crippen LogP contribution is -2.02. The van der Waals surface area contributed by atoms with E-state index in [1.54, 1.807) is 19.9 Å². The van der Waals surface area contributed by atoms with E-state index in [9.17, 15) is 9.18 Å². The Labute approximate surface area is 109 Å². The summed E-state index contributed by atoms with van der Waals surface area (Å²) in [6.45, 7) is 3.36. The average molecular weight is 261 g/mol. The van der Waals surface area contributed by atoms with E-state index < -0.39 is 11.8 Å². The maximum absolute atomic E-state index is 13.1. The van der Waals surface area contributed by atoms with E-state index >= 15 is 0 Å². The first-order chi connectivity index (χ1) is 8.97. The van der Waals surface area contributed by atoms with Crippen molar-refractivity contribution in [2.24, 2.45) is 0 Å². The number of carbonyl (C=O) groups is 1. The Bertz CT molecular complexity index is 641. The van der Waals surface area contributed by atoms with Gasteiger partial charge in [-0.25, -0.2) is 14.2 Å². The van der Waals surface area contributed by atoms with Gasteiger partial charge in [-0.3, -0.25) is 0 Å². The average Bonchev–Trinajstić information content (AvgIpc) is 2.33. The lowest BCUT2D eigenvalue weighted by atomic mass is 10.2. The first-order valence-electron chi connectivity index (χ1n) is 5.62. The highest BCUT2D eigenvalue weighted by Gasteiger charge is 2.10. The number of pyridine rings is 1. The molecule has 2 aromatic rings. The Hall–Kier alpha value is -2.43. The van der Waals surface area contributed by atoms with Crippen molar-refractivity contribution in [3.63, 3.8) is 0 Å². The van der Waals surface area contributed by atoms with Gasteiger partial charge in [0.25, 0.3) is 0 Å². The molecule has 0 saturated heterocycles. The Balaban J connectivity index is 2.31. The second kappa shape index (κ2) is 5.06. The highest BCUT2D eigenvalue weighted by molar-refractivity contribution is 5.88. The van der Waals surface area contributed by atoms with Crippen molar-refractivity contribution in [3.8, 4) is 11.6 Å². The summed E-state index contributed by atoms with van der Waals surface area (Å²) in [6.07, 6.45) is 0. The molecule has 0 saturated carbocycles. The molecule has 1 N–H and O–H groups in total. The van der Waals surface area contributed by atoms with E-state index in [4.69, 9.17) is 9.84 Å². The summed E-state index contributed by atoms with van der Waals surface area (Å²) in [7, 11) is 0. The lowest BCUT2D eigenvalue weighted by Gasteiger charge is -2.09. The van der Waals surface area contributed by atoms with Crippen LogP contribution < -0.4 is 4.74 Å². The van der Waals surface area contributed by atoms with Gasteiger partial charge in [0.15, 0.2) is 0 Å². The highest BCUT2D eigenvalue weighted by Crippen LogP contribution is 2.25. The molecule has 0 aliphatic heterocycles. The van der Waals surface area contributed by atoms with E-state index in [2.05, 4.69) is 4.98 Å². The summed E-state index contributed by atoms with van der Waals surface area (Å²) < 4.78 is 18.6. The fraction of sp³-hybridized carbons (Fsp3) is 0.143. The minimum absolute atomic E-state index is 0.114. The maximum atomic E-state index is 13.1. The molecule has 0 amide bonds. The van der Waals surface area contributed by atoms with Crippen molar-refractivity contribution in [2.45, 2.75) is 13.8 Å². The molecular formula is C14H12FNO3. The summed E-state index contributed by atoms with van der Waals surface area (Å²) in [5, 5.41) is 8.90. The van der Waals surface area contributed by atoms with Gasteiger partial charge in [0.1, 0.15) is 11.6 Å². The van der Waals surface area contributed by atoms with Crippen LogP contribution in [0.1, 0.15) is 21.6 Å². The number of hydrogen-bond donors (Lipinski definition) is 1. The number of nitrogens with zero attached hydrogens (tertiary/aromatic N) is 1. The minimum Gasteiger partial charge on any atom is -0.478 e. The second-order valence-corrected chi connectivity index (χ2v) is 4.10. The van der Waals surface area contributed by atoms with Crippen LogP contribution in [0.4, 0.5) is 4.39 Å². The molecule has 5 heteroatoms. The molecule has 1 heterocycles. The predicted octanol–water partition coefficient (Wildman–Crippen LogP) is 3.33. The van der Waals surface area contributed by atoms with Crippen LogP contribution in [0.2, 0.25) is 0 Å². The van der Waals surface area contributed by atoms with Crippen LogP contribution in [0, 0.1) is 19.7 Å². The van der Waals surface area contributed by atoms with Gasteiger partial charge in [0.2, 0.25) is 5.88 Å². The predicted molar refractivity (Wildman–Crippen MR) is 67.1 cm³/mol. The second-order valence-electron chi connectivity index (χ2n) is 4.10. The molecule has 0 unspecified atom stereocenters. The molecule has 0 radical (unpaired) electrons. The van der Waals surface area contributed by atoms with Crippen molar-refractivity contribution in [3.05, 3.63) is 53.0 Å². The molecule has 0 spiro atoms. The van der Waals surface area contributed by atoms with Crippen LogP contribution in [0.15, 0.2) is 30.3 Å². The van der Waals surface area contributed by atoms with Gasteiger partial charge in [0.05, 0.1) is 11.3 Å². The van der Waals surface area contributed by atoms with Gasteiger partial charge < -0.3 is 9.84 Å². The van der Waals surface area contributed by atoms with Crippen molar-refractivity contribution in [2.75, 3.05) is 0 Å². The summed E-state index contributed by atoms with van der Waals surface area (Å²) in [4.78, 5) is 14.9. The molecule has 0 bridgehead atoms. The zero-order chi connectivity index (χ0) is 14.0. The molecule has 0 aliphatic rings. The van der Waals surface area contributed by atoms with Gasteiger partial charge in [-0.05, 0) is 31.5 Å². The standard InChI is InChI=1S/C14H12FNO3/c1-8-3-4-10(15)7-12(8)19-13-6-5-11(14(17)18)9(2)16-13/h3-7H,1-2H3,(H,17,18). The number of aromatic carboxylic acids is 1. The summed E-state index contributed by atoms with van der Waals surface area (Å²) in [5.74, 6) is -0.857. The van der Waals surface area contributed by atoms with E-state index in [0.29, 0.717) is 11.4 Å². The van der Waals surface area contributed by atoms with Gasteiger partial charge in [0, 0.05) is 12.1 Å². The number of carboxylic acid groups (broad SMARTS) is 1. The van der Waals surface area contributed by atoms with Gasteiger partial charge in [-0.2, -0.15) is 0 Å². The Morgan fingerprint density at radius 2 is 2.00 bits per heavy atom. The molecular weight excluding hydrogens is 249 g/mol. The van der Waals surface area contributed by atoms with E-state index in [1.807, 2.05) is 0 Å². The fourth-order valence-electron chi connectivity index (χ4n) is 1.62. The number of halogens is 1. The fourth-order valence-corrected chi connectivity index (χ4v) is 1.62. The zero-order valence-corrected chi connectivity index (χ0v) is 10.5. The molecule has 1 aromatic heterocycles. The largest absolute Gasteiger partial charge is 0.478 e. The number of carboxylic acids is 1. The third-order valence-electron chi connectivity index (χ3n) is 2.66. The molecule has 98 valence electrons. The summed E-state index contributed by atoms with van der Waals surface area (Å²) in [6, 6.07) is 7.06. The Morgan fingerprint density at radius 1 is 1.26 bits per heavy atom. The smallest absolute Gasteiger partial charge is 0.337 e. The van der Waals surface area contributed by atoms with Crippen LogP contribution in [0.3, 0.4) is 0 Å². The van der Waals surface area contributed by atoms with Gasteiger partial charge in [-0.1, -0.05) is 6.07 Å². The first-order valence-corrected chi connectivity index (χ1v) is 5.62. The molecule has 0 atom stereocenters. The van der Waals surface area contributed by atoms with Gasteiger partial charge >= 0.3 is 5.97 Å². The van der Waals surface area contributed by atoms with Gasteiger partial charge in [-0.15, -0.1) is 0 Å². The third kappa shape index (κ3) is 2.88. The quantitative estimate of drug-likeness (QED) is 0.920. The lowest BCUT2D eigenvalue weighted by molar-refractivity contribution is 0.0695. The number of rotatable bonds is 3. The molecule has 1 aromatic carbocycles. The topological polar surface area (TPSA) is 59.4 Å². The molecule has 0 fully saturated rings. The van der Waals surface area contributed by atoms with E-state index in [-0.39, 0.29) is 11.4 Å². The summed E-state index contributed by atoms with van der Waals surface area (Å²) >= 11 is 0. The van der Waals surface area contributed by atoms with E-state index in [0.717, 1.165) is 5.56 Å². The molecule has 19 heavy (non-hydrogen) atoms. The maximum Gasteiger partial charge on any atom is 0.337 e. The third-order valence-corrected chi connectivity index (χ3v) is 2.66. The molecule has 4 nitrogen and oxygen atoms in total. The van der Waals surface area contributed by atoms with Crippen LogP contribution in [-0.4, -0.2) is 16.1 Å². The summed E-state index contributed by atoms with van der Waals surface area (Å²) in [5.41, 5.74) is 1.23. The Morgan fingerprint density at radius 3 is 2.63 bits per heavy atom. The zero-order valence-electron chi connectivity index (χ0n) is 10.5. The highest BCUT2D eigenvalue weighted by atomic mass is 19.1. The number of ether oxygens (including phenoxy) is 1. The monoisotopic (exact) mass is 261 g/mol. The SMILES string of the molecule is Cc1ccc(F)cc1Oc1ccc(C(=O)O)c(C)n1. The number of hydrogen-bond acceptors (Lipinski definition) is 3. The normalized spacial score (nSPS) is 10.3. The molecule has 2 rings (SSSR count). The van der Waals surface area contributed by atoms with Crippen LogP contribution in [0.5, 0.6) is 11.6 Å². The first kappa shape index (κ1) is 13.0. The van der Waals surface area contributed by atoms with Crippen LogP contribution >= 0.6 is 0 Å². The van der Waals surface area contributed by atoms with Crippen LogP contribution in [-0.2, 0) is 0 Å². The number of aryl methyl sites for hydroxylation is 2. The van der Waals surface area contributed by atoms with Crippen molar-refractivity contribution in [1.29, 1.82) is 0 Å². The van der Waals surface area contributed by atoms with Crippen molar-refractivity contribution >= 4 is 5.97 Å². The van der Waals surface area contributed by atoms with E-state index in [1.165, 1.54) is 24.3 Å².